The van der Waals surface area contributed by atoms with E-state index in [9.17, 15) is 9.59 Å². The van der Waals surface area contributed by atoms with Gasteiger partial charge in [0.25, 0.3) is 11.5 Å². The third-order valence-corrected chi connectivity index (χ3v) is 7.88. The quantitative estimate of drug-likeness (QED) is 0.293. The van der Waals surface area contributed by atoms with Crippen molar-refractivity contribution in [2.75, 3.05) is 19.6 Å². The Morgan fingerprint density at radius 1 is 0.944 bits per heavy atom. The molecule has 1 aromatic heterocycles. The number of nitrogens with zero attached hydrogens (tertiary/aromatic N) is 4. The Hall–Kier alpha value is -2.81. The molecular formula is C28H26Br2N4O2. The molecule has 184 valence electrons. The molecule has 6 nitrogen and oxygen atoms in total. The summed E-state index contributed by atoms with van der Waals surface area (Å²) in [6.07, 6.45) is 0. The van der Waals surface area contributed by atoms with Crippen LogP contribution >= 0.6 is 31.9 Å². The maximum Gasteiger partial charge on any atom is 0.266 e. The molecule has 2 unspecified atom stereocenters. The fourth-order valence-electron chi connectivity index (χ4n) is 4.83. The fourth-order valence-corrected chi connectivity index (χ4v) is 5.36. The zero-order valence-corrected chi connectivity index (χ0v) is 23.2. The molecule has 1 aliphatic heterocycles. The minimum Gasteiger partial charge on any atom is -0.333 e. The molecule has 4 aromatic rings. The Kier molecular flexibility index (Phi) is 7.10. The van der Waals surface area contributed by atoms with Crippen molar-refractivity contribution in [1.82, 2.24) is 19.4 Å². The summed E-state index contributed by atoms with van der Waals surface area (Å²) in [7, 11) is 0. The number of hydrogen-bond donors (Lipinski definition) is 0. The third-order valence-electron chi connectivity index (χ3n) is 6.82. The van der Waals surface area contributed by atoms with Gasteiger partial charge in [0.15, 0.2) is 0 Å². The second-order valence-electron chi connectivity index (χ2n) is 9.13. The average Bonchev–Trinajstić information content (AvgIpc) is 2.89. The summed E-state index contributed by atoms with van der Waals surface area (Å²) in [5.74, 6) is 0.735. The molecular weight excluding hydrogens is 584 g/mol. The van der Waals surface area contributed by atoms with Gasteiger partial charge in [0.2, 0.25) is 0 Å². The van der Waals surface area contributed by atoms with Gasteiger partial charge in [-0.2, -0.15) is 0 Å². The lowest BCUT2D eigenvalue weighted by atomic mass is 10.1. The van der Waals surface area contributed by atoms with Crippen LogP contribution in [0.15, 0.2) is 86.5 Å². The number of aromatic nitrogens is 2. The highest BCUT2D eigenvalue weighted by Crippen LogP contribution is 2.26. The van der Waals surface area contributed by atoms with Crippen LogP contribution < -0.4 is 5.56 Å². The number of halogens is 2. The lowest BCUT2D eigenvalue weighted by Gasteiger charge is -2.42. The summed E-state index contributed by atoms with van der Waals surface area (Å²) in [4.78, 5) is 36.0. The molecule has 0 radical (unpaired) electrons. The van der Waals surface area contributed by atoms with E-state index < -0.39 is 0 Å². The van der Waals surface area contributed by atoms with E-state index in [1.165, 1.54) is 0 Å². The van der Waals surface area contributed by atoms with Gasteiger partial charge in [0, 0.05) is 40.2 Å². The summed E-state index contributed by atoms with van der Waals surface area (Å²) < 4.78 is 3.62. The molecule has 2 atom stereocenters. The minimum atomic E-state index is -0.127. The highest BCUT2D eigenvalue weighted by molar-refractivity contribution is 9.10. The molecule has 0 bridgehead atoms. The number of para-hydroxylation sites is 1. The minimum absolute atomic E-state index is 0.0191. The summed E-state index contributed by atoms with van der Waals surface area (Å²) in [6, 6.07) is 22.6. The topological polar surface area (TPSA) is 58.4 Å². The molecule has 2 heterocycles. The number of piperazine rings is 1. The Morgan fingerprint density at radius 3 is 2.25 bits per heavy atom. The first-order chi connectivity index (χ1) is 17.3. The van der Waals surface area contributed by atoms with E-state index in [0.717, 1.165) is 14.6 Å². The first-order valence-corrected chi connectivity index (χ1v) is 13.5. The Balaban J connectivity index is 1.47. The zero-order chi connectivity index (χ0) is 25.4. The number of amides is 1. The van der Waals surface area contributed by atoms with Crippen LogP contribution in [0.3, 0.4) is 0 Å². The maximum absolute atomic E-state index is 13.6. The van der Waals surface area contributed by atoms with Gasteiger partial charge in [-0.25, -0.2) is 4.98 Å². The van der Waals surface area contributed by atoms with Gasteiger partial charge < -0.3 is 4.90 Å². The number of benzene rings is 3. The standard InChI is InChI=1S/C28H26Br2N4O2/c1-18-17-32(15-16-33(18)27(35)20-7-9-21(29)10-8-20)19(2)26-31-25-6-4-3-5-24(25)28(36)34(26)23-13-11-22(30)12-14-23/h3-14,18-19H,15-17H2,1-2H3. The second-order valence-corrected chi connectivity index (χ2v) is 11.0. The number of hydrogen-bond acceptors (Lipinski definition) is 4. The van der Waals surface area contributed by atoms with Crippen LogP contribution in [0, 0.1) is 0 Å². The van der Waals surface area contributed by atoms with Gasteiger partial charge >= 0.3 is 0 Å². The van der Waals surface area contributed by atoms with Crippen molar-refractivity contribution in [2.24, 2.45) is 0 Å². The number of rotatable bonds is 4. The molecule has 1 saturated heterocycles. The summed E-state index contributed by atoms with van der Waals surface area (Å²) >= 11 is 6.92. The highest BCUT2D eigenvalue weighted by atomic mass is 79.9. The SMILES string of the molecule is CC(c1nc2ccccc2c(=O)n1-c1ccc(Br)cc1)N1CCN(C(=O)c2ccc(Br)cc2)C(C)C1. The summed E-state index contributed by atoms with van der Waals surface area (Å²) in [5.41, 5.74) is 2.07. The monoisotopic (exact) mass is 608 g/mol. The lowest BCUT2D eigenvalue weighted by molar-refractivity contribution is 0.0394. The normalized spacial score (nSPS) is 17.3. The van der Waals surface area contributed by atoms with E-state index in [0.29, 0.717) is 41.9 Å². The maximum atomic E-state index is 13.6. The third kappa shape index (κ3) is 4.77. The van der Waals surface area contributed by atoms with Crippen LogP contribution in [-0.4, -0.2) is 50.9 Å². The van der Waals surface area contributed by atoms with Gasteiger partial charge in [0.05, 0.1) is 22.6 Å². The van der Waals surface area contributed by atoms with Crippen molar-refractivity contribution in [2.45, 2.75) is 25.9 Å². The molecule has 1 fully saturated rings. The van der Waals surface area contributed by atoms with E-state index in [4.69, 9.17) is 4.98 Å². The summed E-state index contributed by atoms with van der Waals surface area (Å²) in [6.45, 7) is 6.15. The molecule has 1 aliphatic rings. The van der Waals surface area contributed by atoms with Crippen LogP contribution in [0.5, 0.6) is 0 Å². The lowest BCUT2D eigenvalue weighted by Crippen LogP contribution is -2.54. The average molecular weight is 610 g/mol. The molecule has 3 aromatic carbocycles. The van der Waals surface area contributed by atoms with Crippen molar-refractivity contribution in [1.29, 1.82) is 0 Å². The predicted octanol–water partition coefficient (Wildman–Crippen LogP) is 5.82. The van der Waals surface area contributed by atoms with Gasteiger partial charge in [-0.3, -0.25) is 19.1 Å². The van der Waals surface area contributed by atoms with Crippen molar-refractivity contribution in [3.63, 3.8) is 0 Å². The first-order valence-electron chi connectivity index (χ1n) is 11.9. The van der Waals surface area contributed by atoms with E-state index >= 15 is 0 Å². The van der Waals surface area contributed by atoms with Crippen LogP contribution in [0.1, 0.15) is 36.1 Å². The first kappa shape index (κ1) is 24.9. The van der Waals surface area contributed by atoms with E-state index in [1.807, 2.05) is 77.7 Å². The van der Waals surface area contributed by atoms with Crippen LogP contribution in [-0.2, 0) is 0 Å². The molecule has 0 spiro atoms. The van der Waals surface area contributed by atoms with Crippen LogP contribution in [0.25, 0.3) is 16.6 Å². The molecule has 5 rings (SSSR count). The zero-order valence-electron chi connectivity index (χ0n) is 20.1. The predicted molar refractivity (Wildman–Crippen MR) is 150 cm³/mol. The van der Waals surface area contributed by atoms with Crippen molar-refractivity contribution in [3.05, 3.63) is 103 Å². The van der Waals surface area contributed by atoms with E-state index in [-0.39, 0.29) is 23.6 Å². The molecule has 36 heavy (non-hydrogen) atoms. The summed E-state index contributed by atoms with van der Waals surface area (Å²) in [5, 5.41) is 0.592. The van der Waals surface area contributed by atoms with Crippen molar-refractivity contribution < 1.29 is 4.79 Å². The number of carbonyl (C=O) groups excluding carboxylic acids is 1. The molecule has 8 heteroatoms. The van der Waals surface area contributed by atoms with Crippen LogP contribution in [0.4, 0.5) is 0 Å². The van der Waals surface area contributed by atoms with Gasteiger partial charge in [-0.15, -0.1) is 0 Å². The van der Waals surface area contributed by atoms with Gasteiger partial charge in [0.1, 0.15) is 5.82 Å². The molecule has 0 saturated carbocycles. The smallest absolute Gasteiger partial charge is 0.266 e. The Bertz CT molecular complexity index is 1470. The fraction of sp³-hybridized carbons (Fsp3) is 0.250. The Morgan fingerprint density at radius 2 is 1.58 bits per heavy atom. The highest BCUT2D eigenvalue weighted by Gasteiger charge is 2.32. The van der Waals surface area contributed by atoms with Crippen molar-refractivity contribution in [3.8, 4) is 5.69 Å². The van der Waals surface area contributed by atoms with Gasteiger partial charge in [-0.05, 0) is 74.5 Å². The number of fused-ring (bicyclic) bond motifs is 1. The van der Waals surface area contributed by atoms with E-state index in [2.05, 4.69) is 50.6 Å². The molecule has 1 amide bonds. The molecule has 0 N–H and O–H groups in total. The Labute approximate surface area is 226 Å². The largest absolute Gasteiger partial charge is 0.333 e. The van der Waals surface area contributed by atoms with Crippen molar-refractivity contribution >= 4 is 48.7 Å². The second kappa shape index (κ2) is 10.3. The van der Waals surface area contributed by atoms with Crippen LogP contribution in [0.2, 0.25) is 0 Å². The van der Waals surface area contributed by atoms with Gasteiger partial charge in [-0.1, -0.05) is 44.0 Å². The van der Waals surface area contributed by atoms with E-state index in [1.54, 1.807) is 4.57 Å². The number of carbonyl (C=O) groups is 1. The molecule has 0 aliphatic carbocycles.